The summed E-state index contributed by atoms with van der Waals surface area (Å²) in [6, 6.07) is 11.4. The first-order valence-electron chi connectivity index (χ1n) is 5.42. The van der Waals surface area contributed by atoms with E-state index in [1.54, 1.807) is 0 Å². The van der Waals surface area contributed by atoms with Crippen molar-refractivity contribution in [1.29, 1.82) is 5.26 Å². The standard InChI is InChI=1S/C14H11BrN2O/c1-9-7-10(2)17-14(13(9)8-16)18-12-5-3-11(15)4-6-12/h3-7H,1-2H3. The fourth-order valence-corrected chi connectivity index (χ4v) is 1.89. The van der Waals surface area contributed by atoms with E-state index < -0.39 is 0 Å². The molecule has 0 spiro atoms. The Kier molecular flexibility index (Phi) is 3.63. The molecule has 0 unspecified atom stereocenters. The van der Waals surface area contributed by atoms with Crippen LogP contribution in [0.4, 0.5) is 0 Å². The Morgan fingerprint density at radius 2 is 1.89 bits per heavy atom. The summed E-state index contributed by atoms with van der Waals surface area (Å²) < 4.78 is 6.64. The number of nitriles is 1. The van der Waals surface area contributed by atoms with E-state index in [4.69, 9.17) is 10.00 Å². The van der Waals surface area contributed by atoms with E-state index in [1.807, 2.05) is 44.2 Å². The molecule has 0 saturated carbocycles. The number of halogens is 1. The largest absolute Gasteiger partial charge is 0.438 e. The average Bonchev–Trinajstić information content (AvgIpc) is 2.32. The molecule has 1 heterocycles. The molecule has 0 aliphatic rings. The maximum atomic E-state index is 9.13. The highest BCUT2D eigenvalue weighted by atomic mass is 79.9. The normalized spacial score (nSPS) is 9.89. The number of ether oxygens (including phenoxy) is 1. The number of rotatable bonds is 2. The summed E-state index contributed by atoms with van der Waals surface area (Å²) in [4.78, 5) is 4.27. The van der Waals surface area contributed by atoms with Gasteiger partial charge in [0, 0.05) is 10.2 Å². The molecule has 3 nitrogen and oxygen atoms in total. The van der Waals surface area contributed by atoms with E-state index in [9.17, 15) is 0 Å². The third-order valence-electron chi connectivity index (χ3n) is 2.45. The first kappa shape index (κ1) is 12.6. The lowest BCUT2D eigenvalue weighted by Gasteiger charge is -2.09. The molecule has 1 aromatic heterocycles. The minimum Gasteiger partial charge on any atom is -0.438 e. The van der Waals surface area contributed by atoms with Crippen LogP contribution in [0.25, 0.3) is 0 Å². The van der Waals surface area contributed by atoms with Crippen molar-refractivity contribution in [3.63, 3.8) is 0 Å². The monoisotopic (exact) mass is 302 g/mol. The van der Waals surface area contributed by atoms with E-state index in [-0.39, 0.29) is 0 Å². The zero-order chi connectivity index (χ0) is 13.1. The van der Waals surface area contributed by atoms with E-state index >= 15 is 0 Å². The first-order valence-corrected chi connectivity index (χ1v) is 6.21. The van der Waals surface area contributed by atoms with Gasteiger partial charge in [0.15, 0.2) is 0 Å². The van der Waals surface area contributed by atoms with Crippen LogP contribution >= 0.6 is 15.9 Å². The van der Waals surface area contributed by atoms with Gasteiger partial charge in [-0.1, -0.05) is 15.9 Å². The van der Waals surface area contributed by atoms with Crippen molar-refractivity contribution in [1.82, 2.24) is 4.98 Å². The van der Waals surface area contributed by atoms with Crippen molar-refractivity contribution in [2.45, 2.75) is 13.8 Å². The highest BCUT2D eigenvalue weighted by Crippen LogP contribution is 2.26. The molecule has 0 aliphatic heterocycles. The van der Waals surface area contributed by atoms with Crippen LogP contribution in [-0.2, 0) is 0 Å². The van der Waals surface area contributed by atoms with Gasteiger partial charge in [-0.25, -0.2) is 4.98 Å². The zero-order valence-corrected chi connectivity index (χ0v) is 11.7. The lowest BCUT2D eigenvalue weighted by Crippen LogP contribution is -1.96. The molecule has 2 rings (SSSR count). The van der Waals surface area contributed by atoms with Crippen LogP contribution in [0, 0.1) is 25.2 Å². The fourth-order valence-electron chi connectivity index (χ4n) is 1.63. The second-order valence-electron chi connectivity index (χ2n) is 3.93. The fraction of sp³-hybridized carbons (Fsp3) is 0.143. The van der Waals surface area contributed by atoms with Crippen molar-refractivity contribution < 1.29 is 4.74 Å². The van der Waals surface area contributed by atoms with E-state index in [1.165, 1.54) is 0 Å². The molecular formula is C14H11BrN2O. The second-order valence-corrected chi connectivity index (χ2v) is 4.84. The van der Waals surface area contributed by atoms with Crippen LogP contribution in [-0.4, -0.2) is 4.98 Å². The van der Waals surface area contributed by atoms with Gasteiger partial charge in [0.1, 0.15) is 17.4 Å². The molecule has 2 aromatic rings. The SMILES string of the molecule is Cc1cc(C)c(C#N)c(Oc2ccc(Br)cc2)n1. The second kappa shape index (κ2) is 5.19. The van der Waals surface area contributed by atoms with Crippen LogP contribution in [0.2, 0.25) is 0 Å². The molecule has 0 atom stereocenters. The minimum absolute atomic E-state index is 0.359. The van der Waals surface area contributed by atoms with Crippen molar-refractivity contribution in [2.75, 3.05) is 0 Å². The van der Waals surface area contributed by atoms with E-state index in [0.717, 1.165) is 15.7 Å². The molecule has 0 amide bonds. The molecule has 0 radical (unpaired) electrons. The highest BCUT2D eigenvalue weighted by molar-refractivity contribution is 9.10. The Balaban J connectivity index is 2.40. The van der Waals surface area contributed by atoms with Crippen molar-refractivity contribution >= 4 is 15.9 Å². The van der Waals surface area contributed by atoms with Gasteiger partial charge in [-0.05, 0) is 49.7 Å². The average molecular weight is 303 g/mol. The van der Waals surface area contributed by atoms with E-state index in [0.29, 0.717) is 17.2 Å². The van der Waals surface area contributed by atoms with Gasteiger partial charge in [0.2, 0.25) is 5.88 Å². The molecular weight excluding hydrogens is 292 g/mol. The van der Waals surface area contributed by atoms with Crippen molar-refractivity contribution in [3.05, 3.63) is 51.6 Å². The molecule has 4 heteroatoms. The first-order chi connectivity index (χ1) is 8.60. The number of aromatic nitrogens is 1. The van der Waals surface area contributed by atoms with Gasteiger partial charge >= 0.3 is 0 Å². The highest BCUT2D eigenvalue weighted by Gasteiger charge is 2.10. The molecule has 0 fully saturated rings. The number of nitrogens with zero attached hydrogens (tertiary/aromatic N) is 2. The lowest BCUT2D eigenvalue weighted by molar-refractivity contribution is 0.459. The molecule has 0 bridgehead atoms. The summed E-state index contributed by atoms with van der Waals surface area (Å²) in [5.41, 5.74) is 2.18. The Bertz CT molecular complexity index is 615. The summed E-state index contributed by atoms with van der Waals surface area (Å²) in [5, 5.41) is 9.13. The van der Waals surface area contributed by atoms with Crippen LogP contribution in [0.1, 0.15) is 16.8 Å². The van der Waals surface area contributed by atoms with Gasteiger partial charge in [0.05, 0.1) is 0 Å². The summed E-state index contributed by atoms with van der Waals surface area (Å²) in [6.07, 6.45) is 0. The maximum Gasteiger partial charge on any atom is 0.237 e. The Labute approximate surface area is 114 Å². The van der Waals surface area contributed by atoms with Gasteiger partial charge < -0.3 is 4.74 Å². The van der Waals surface area contributed by atoms with Crippen molar-refractivity contribution in [2.24, 2.45) is 0 Å². The van der Waals surface area contributed by atoms with Crippen molar-refractivity contribution in [3.8, 4) is 17.7 Å². The molecule has 0 N–H and O–H groups in total. The lowest BCUT2D eigenvalue weighted by atomic mass is 10.1. The quantitative estimate of drug-likeness (QED) is 0.838. The third-order valence-corrected chi connectivity index (χ3v) is 2.98. The number of pyridine rings is 1. The molecule has 18 heavy (non-hydrogen) atoms. The predicted molar refractivity (Wildman–Crippen MR) is 72.6 cm³/mol. The van der Waals surface area contributed by atoms with Gasteiger partial charge in [-0.2, -0.15) is 5.26 Å². The number of aryl methyl sites for hydroxylation is 2. The maximum absolute atomic E-state index is 9.13. The summed E-state index contributed by atoms with van der Waals surface area (Å²) >= 11 is 3.36. The molecule has 1 aromatic carbocycles. The Hall–Kier alpha value is -1.86. The Morgan fingerprint density at radius 1 is 1.22 bits per heavy atom. The number of hydrogen-bond donors (Lipinski definition) is 0. The van der Waals surface area contributed by atoms with Crippen LogP contribution in [0.3, 0.4) is 0 Å². The van der Waals surface area contributed by atoms with Gasteiger partial charge in [0.25, 0.3) is 0 Å². The zero-order valence-electron chi connectivity index (χ0n) is 10.1. The summed E-state index contributed by atoms with van der Waals surface area (Å²) in [6.45, 7) is 3.75. The van der Waals surface area contributed by atoms with Gasteiger partial charge in [-0.15, -0.1) is 0 Å². The Morgan fingerprint density at radius 3 is 2.50 bits per heavy atom. The molecule has 0 saturated heterocycles. The predicted octanol–water partition coefficient (Wildman–Crippen LogP) is 4.12. The van der Waals surface area contributed by atoms with Crippen LogP contribution < -0.4 is 4.74 Å². The third kappa shape index (κ3) is 2.69. The smallest absolute Gasteiger partial charge is 0.237 e. The minimum atomic E-state index is 0.359. The summed E-state index contributed by atoms with van der Waals surface area (Å²) in [7, 11) is 0. The van der Waals surface area contributed by atoms with Crippen LogP contribution in [0.5, 0.6) is 11.6 Å². The molecule has 90 valence electrons. The van der Waals surface area contributed by atoms with E-state index in [2.05, 4.69) is 27.0 Å². The van der Waals surface area contributed by atoms with Crippen LogP contribution in [0.15, 0.2) is 34.8 Å². The number of benzene rings is 1. The van der Waals surface area contributed by atoms with Gasteiger partial charge in [-0.3, -0.25) is 0 Å². The topological polar surface area (TPSA) is 45.9 Å². The number of hydrogen-bond acceptors (Lipinski definition) is 3. The summed E-state index contributed by atoms with van der Waals surface area (Å²) in [5.74, 6) is 1.02. The molecule has 0 aliphatic carbocycles.